The van der Waals surface area contributed by atoms with Gasteiger partial charge in [0, 0.05) is 23.1 Å². The summed E-state index contributed by atoms with van der Waals surface area (Å²) < 4.78 is 0. The highest BCUT2D eigenvalue weighted by Gasteiger charge is 2.16. The third-order valence-corrected chi connectivity index (χ3v) is 3.25. The van der Waals surface area contributed by atoms with Crippen LogP contribution in [0.2, 0.25) is 0 Å². The van der Waals surface area contributed by atoms with Crippen molar-refractivity contribution in [3.05, 3.63) is 41.6 Å². The molecule has 1 aromatic carbocycles. The number of rotatable bonds is 3. The molecule has 19 heavy (non-hydrogen) atoms. The minimum atomic E-state index is 0.188. The van der Waals surface area contributed by atoms with Gasteiger partial charge in [-0.1, -0.05) is 39.0 Å². The first-order chi connectivity index (χ1) is 8.87. The van der Waals surface area contributed by atoms with E-state index in [-0.39, 0.29) is 11.2 Å². The molecule has 0 aliphatic rings. The Morgan fingerprint density at radius 3 is 2.58 bits per heavy atom. The Bertz CT molecular complexity index is 608. The van der Waals surface area contributed by atoms with Gasteiger partial charge >= 0.3 is 0 Å². The third kappa shape index (κ3) is 3.40. The average molecular weight is 255 g/mol. The number of carbonyl (C=O) groups is 1. The van der Waals surface area contributed by atoms with Crippen molar-refractivity contribution in [1.29, 1.82) is 0 Å². The van der Waals surface area contributed by atoms with Crippen LogP contribution in [0, 0.1) is 12.3 Å². The Hall–Kier alpha value is -1.70. The van der Waals surface area contributed by atoms with Gasteiger partial charge in [-0.3, -0.25) is 9.78 Å². The SMILES string of the molecule is Cc1cc(C(=O)CCC(C)(C)C)c2ccccc2n1. The molecule has 0 atom stereocenters. The fourth-order valence-electron chi connectivity index (χ4n) is 2.16. The van der Waals surface area contributed by atoms with E-state index in [0.717, 1.165) is 28.6 Å². The summed E-state index contributed by atoms with van der Waals surface area (Å²) in [6.45, 7) is 8.43. The topological polar surface area (TPSA) is 30.0 Å². The van der Waals surface area contributed by atoms with Crippen molar-refractivity contribution in [3.8, 4) is 0 Å². The molecule has 1 heterocycles. The molecule has 2 heteroatoms. The predicted octanol–water partition coefficient (Wildman–Crippen LogP) is 4.55. The van der Waals surface area contributed by atoms with Gasteiger partial charge in [-0.15, -0.1) is 0 Å². The average Bonchev–Trinajstić information content (AvgIpc) is 2.34. The molecule has 2 nitrogen and oxygen atoms in total. The number of ketones is 1. The van der Waals surface area contributed by atoms with E-state index < -0.39 is 0 Å². The quantitative estimate of drug-likeness (QED) is 0.753. The number of aryl methyl sites for hydroxylation is 1. The second-order valence-electron chi connectivity index (χ2n) is 6.31. The third-order valence-electron chi connectivity index (χ3n) is 3.25. The van der Waals surface area contributed by atoms with Gasteiger partial charge in [0.1, 0.15) is 0 Å². The molecule has 0 N–H and O–H groups in total. The van der Waals surface area contributed by atoms with Crippen molar-refractivity contribution in [1.82, 2.24) is 4.98 Å². The molecule has 0 saturated heterocycles. The van der Waals surface area contributed by atoms with E-state index in [2.05, 4.69) is 25.8 Å². The molecule has 0 aliphatic heterocycles. The number of para-hydroxylation sites is 1. The maximum absolute atomic E-state index is 12.4. The fraction of sp³-hybridized carbons (Fsp3) is 0.412. The van der Waals surface area contributed by atoms with Crippen LogP contribution in [0.5, 0.6) is 0 Å². The first-order valence-corrected chi connectivity index (χ1v) is 6.76. The molecular weight excluding hydrogens is 234 g/mol. The highest BCUT2D eigenvalue weighted by atomic mass is 16.1. The van der Waals surface area contributed by atoms with Crippen LogP contribution < -0.4 is 0 Å². The summed E-state index contributed by atoms with van der Waals surface area (Å²) in [6, 6.07) is 9.76. The van der Waals surface area contributed by atoms with Crippen molar-refractivity contribution in [3.63, 3.8) is 0 Å². The van der Waals surface area contributed by atoms with Crippen LogP contribution in [-0.4, -0.2) is 10.8 Å². The Balaban J connectivity index is 2.36. The number of benzene rings is 1. The summed E-state index contributed by atoms with van der Waals surface area (Å²) in [7, 11) is 0. The lowest BCUT2D eigenvalue weighted by Crippen LogP contribution is -2.10. The minimum absolute atomic E-state index is 0.188. The summed E-state index contributed by atoms with van der Waals surface area (Å²) in [5, 5.41) is 0.965. The van der Waals surface area contributed by atoms with Gasteiger partial charge in [0.2, 0.25) is 0 Å². The highest BCUT2D eigenvalue weighted by Crippen LogP contribution is 2.25. The summed E-state index contributed by atoms with van der Waals surface area (Å²) in [5.41, 5.74) is 2.81. The van der Waals surface area contributed by atoms with E-state index in [1.54, 1.807) is 0 Å². The van der Waals surface area contributed by atoms with Crippen LogP contribution in [-0.2, 0) is 0 Å². The molecule has 0 unspecified atom stereocenters. The van der Waals surface area contributed by atoms with E-state index in [9.17, 15) is 4.79 Å². The van der Waals surface area contributed by atoms with Crippen LogP contribution in [0.4, 0.5) is 0 Å². The largest absolute Gasteiger partial charge is 0.294 e. The summed E-state index contributed by atoms with van der Waals surface area (Å²) >= 11 is 0. The lowest BCUT2D eigenvalue weighted by atomic mass is 9.88. The van der Waals surface area contributed by atoms with Crippen LogP contribution in [0.3, 0.4) is 0 Å². The molecule has 0 bridgehead atoms. The van der Waals surface area contributed by atoms with Crippen molar-refractivity contribution in [2.24, 2.45) is 5.41 Å². The summed E-state index contributed by atoms with van der Waals surface area (Å²) in [5.74, 6) is 0.219. The van der Waals surface area contributed by atoms with Crippen LogP contribution in [0.25, 0.3) is 10.9 Å². The molecule has 0 radical (unpaired) electrons. The van der Waals surface area contributed by atoms with Gasteiger partial charge in [-0.25, -0.2) is 0 Å². The molecule has 0 fully saturated rings. The molecule has 0 amide bonds. The molecule has 2 aromatic rings. The first-order valence-electron chi connectivity index (χ1n) is 6.76. The maximum atomic E-state index is 12.4. The van der Waals surface area contributed by atoms with Crippen molar-refractivity contribution in [2.45, 2.75) is 40.5 Å². The van der Waals surface area contributed by atoms with E-state index in [1.807, 2.05) is 37.3 Å². The number of nitrogens with zero attached hydrogens (tertiary/aromatic N) is 1. The zero-order chi connectivity index (χ0) is 14.0. The molecular formula is C17H21NO. The van der Waals surface area contributed by atoms with Crippen LogP contribution in [0.1, 0.15) is 49.7 Å². The normalized spacial score (nSPS) is 11.8. The number of carbonyl (C=O) groups excluding carboxylic acids is 1. The standard InChI is InChI=1S/C17H21NO/c1-12-11-14(16(19)9-10-17(2,3)4)13-7-5-6-8-15(13)18-12/h5-8,11H,9-10H2,1-4H3. The Kier molecular flexibility index (Phi) is 3.70. The number of fused-ring (bicyclic) bond motifs is 1. The predicted molar refractivity (Wildman–Crippen MR) is 79.5 cm³/mol. The number of hydrogen-bond acceptors (Lipinski definition) is 2. The zero-order valence-corrected chi connectivity index (χ0v) is 12.2. The van der Waals surface area contributed by atoms with Crippen LogP contribution >= 0.6 is 0 Å². The van der Waals surface area contributed by atoms with Crippen molar-refractivity contribution >= 4 is 16.7 Å². The highest BCUT2D eigenvalue weighted by molar-refractivity contribution is 6.07. The summed E-state index contributed by atoms with van der Waals surface area (Å²) in [6.07, 6.45) is 1.50. The fourth-order valence-corrected chi connectivity index (χ4v) is 2.16. The lowest BCUT2D eigenvalue weighted by Gasteiger charge is -2.17. The van der Waals surface area contributed by atoms with Crippen molar-refractivity contribution < 1.29 is 4.79 Å². The number of Topliss-reactive ketones (excluding diaryl/α,β-unsaturated/α-hetero) is 1. The molecule has 0 spiro atoms. The second kappa shape index (κ2) is 5.12. The smallest absolute Gasteiger partial charge is 0.163 e. The number of aromatic nitrogens is 1. The number of pyridine rings is 1. The summed E-state index contributed by atoms with van der Waals surface area (Å²) in [4.78, 5) is 16.9. The van der Waals surface area contributed by atoms with Gasteiger partial charge in [-0.2, -0.15) is 0 Å². The maximum Gasteiger partial charge on any atom is 0.163 e. The zero-order valence-electron chi connectivity index (χ0n) is 12.2. The molecule has 2 rings (SSSR count). The van der Waals surface area contributed by atoms with Crippen LogP contribution in [0.15, 0.2) is 30.3 Å². The van der Waals surface area contributed by atoms with Gasteiger partial charge in [0.25, 0.3) is 0 Å². The number of hydrogen-bond donors (Lipinski definition) is 0. The lowest BCUT2D eigenvalue weighted by molar-refractivity contribution is 0.0967. The Morgan fingerprint density at radius 2 is 1.89 bits per heavy atom. The van der Waals surface area contributed by atoms with Gasteiger partial charge < -0.3 is 0 Å². The molecule has 0 aliphatic carbocycles. The Labute approximate surface area is 114 Å². The Morgan fingerprint density at radius 1 is 1.21 bits per heavy atom. The first kappa shape index (κ1) is 13.7. The van der Waals surface area contributed by atoms with Gasteiger partial charge in [-0.05, 0) is 30.9 Å². The van der Waals surface area contributed by atoms with Crippen molar-refractivity contribution in [2.75, 3.05) is 0 Å². The molecule has 1 aromatic heterocycles. The van der Waals surface area contributed by atoms with E-state index in [4.69, 9.17) is 0 Å². The molecule has 0 saturated carbocycles. The monoisotopic (exact) mass is 255 g/mol. The van der Waals surface area contributed by atoms with Gasteiger partial charge in [0.05, 0.1) is 5.52 Å². The minimum Gasteiger partial charge on any atom is -0.294 e. The second-order valence-corrected chi connectivity index (χ2v) is 6.31. The van der Waals surface area contributed by atoms with E-state index in [1.165, 1.54) is 0 Å². The van der Waals surface area contributed by atoms with E-state index in [0.29, 0.717) is 6.42 Å². The van der Waals surface area contributed by atoms with Gasteiger partial charge in [0.15, 0.2) is 5.78 Å². The molecule has 100 valence electrons. The van der Waals surface area contributed by atoms with E-state index >= 15 is 0 Å².